The zero-order valence-electron chi connectivity index (χ0n) is 16.0. The van der Waals surface area contributed by atoms with Crippen LogP contribution in [0.4, 0.5) is 0 Å². The van der Waals surface area contributed by atoms with E-state index in [1.807, 2.05) is 0 Å². The molecule has 2 atom stereocenters. The van der Waals surface area contributed by atoms with E-state index in [-0.39, 0.29) is 11.9 Å². The van der Waals surface area contributed by atoms with E-state index in [0.717, 1.165) is 12.8 Å². The first-order valence-corrected chi connectivity index (χ1v) is 9.96. The number of methoxy groups -OCH3 is 1. The summed E-state index contributed by atoms with van der Waals surface area (Å²) < 4.78 is 5.26. The number of unbranched alkanes of at least 4 members (excludes halogenated alkanes) is 2. The fourth-order valence-corrected chi connectivity index (χ4v) is 3.91. The molecule has 0 heterocycles. The van der Waals surface area contributed by atoms with Gasteiger partial charge in [-0.25, -0.2) is 0 Å². The molecule has 0 aromatic heterocycles. The van der Waals surface area contributed by atoms with Gasteiger partial charge in [-0.15, -0.1) is 0 Å². The molecule has 1 aliphatic rings. The number of Topliss-reactive ketones (excluding diaryl/α,β-unsaturated/α-hetero) is 1. The Balaban J connectivity index is 1.63. The van der Waals surface area contributed by atoms with Crippen molar-refractivity contribution in [1.29, 1.82) is 0 Å². The van der Waals surface area contributed by atoms with Crippen molar-refractivity contribution < 1.29 is 9.53 Å². The number of carbonyl (C=O) groups excluding carboxylic acids is 1. The Hall–Kier alpha value is -1.93. The number of benzene rings is 2. The Morgan fingerprint density at radius 3 is 2.15 bits per heavy atom. The number of aryl methyl sites for hydroxylation is 1. The van der Waals surface area contributed by atoms with Gasteiger partial charge >= 0.3 is 0 Å². The van der Waals surface area contributed by atoms with Gasteiger partial charge in [-0.05, 0) is 53.9 Å². The van der Waals surface area contributed by atoms with Crippen molar-refractivity contribution in [3.8, 4) is 11.1 Å². The third-order valence-electron chi connectivity index (χ3n) is 5.61. The van der Waals surface area contributed by atoms with Gasteiger partial charge in [0.15, 0.2) is 5.78 Å². The second-order valence-corrected chi connectivity index (χ2v) is 7.45. The fourth-order valence-electron chi connectivity index (χ4n) is 3.91. The van der Waals surface area contributed by atoms with E-state index >= 15 is 0 Å². The van der Waals surface area contributed by atoms with Crippen LogP contribution >= 0.6 is 0 Å². The molecule has 0 radical (unpaired) electrons. The van der Waals surface area contributed by atoms with Crippen LogP contribution in [-0.2, 0) is 16.0 Å². The Kier molecular flexibility index (Phi) is 6.62. The Labute approximate surface area is 157 Å². The third kappa shape index (κ3) is 4.62. The van der Waals surface area contributed by atoms with Crippen molar-refractivity contribution in [3.05, 3.63) is 59.7 Å². The highest BCUT2D eigenvalue weighted by Gasteiger charge is 2.29. The van der Waals surface area contributed by atoms with Crippen molar-refractivity contribution in [3.63, 3.8) is 0 Å². The molecule has 0 spiro atoms. The monoisotopic (exact) mass is 350 g/mol. The topological polar surface area (TPSA) is 26.3 Å². The highest BCUT2D eigenvalue weighted by Crippen LogP contribution is 2.33. The van der Waals surface area contributed by atoms with Crippen LogP contribution in [0.15, 0.2) is 48.5 Å². The molecule has 1 saturated carbocycles. The van der Waals surface area contributed by atoms with Crippen LogP contribution in [-0.4, -0.2) is 19.0 Å². The lowest BCUT2D eigenvalue weighted by atomic mass is 9.81. The van der Waals surface area contributed by atoms with Crippen molar-refractivity contribution in [2.24, 2.45) is 0 Å². The Morgan fingerprint density at radius 2 is 1.58 bits per heavy atom. The summed E-state index contributed by atoms with van der Waals surface area (Å²) in [5, 5.41) is 0. The lowest BCUT2D eigenvalue weighted by molar-refractivity contribution is -0.131. The summed E-state index contributed by atoms with van der Waals surface area (Å²) in [7, 11) is 1.63. The van der Waals surface area contributed by atoms with Crippen LogP contribution in [0.25, 0.3) is 11.1 Å². The lowest BCUT2D eigenvalue weighted by Gasteiger charge is -2.26. The summed E-state index contributed by atoms with van der Waals surface area (Å²) in [6.45, 7) is 2.24. The highest BCUT2D eigenvalue weighted by molar-refractivity contribution is 5.84. The molecular weight excluding hydrogens is 320 g/mol. The molecule has 2 aromatic carbocycles. The number of ether oxygens (including phenoxy) is 1. The van der Waals surface area contributed by atoms with Gasteiger partial charge in [0, 0.05) is 13.5 Å². The molecule has 2 nitrogen and oxygen atoms in total. The van der Waals surface area contributed by atoms with E-state index in [9.17, 15) is 4.79 Å². The minimum absolute atomic E-state index is 0.193. The first-order valence-electron chi connectivity index (χ1n) is 9.96. The predicted molar refractivity (Wildman–Crippen MR) is 108 cm³/mol. The maximum absolute atomic E-state index is 12.1. The summed E-state index contributed by atoms with van der Waals surface area (Å²) in [6, 6.07) is 17.7. The molecular formula is C24H30O2. The molecule has 3 rings (SSSR count). The molecule has 0 N–H and O–H groups in total. The van der Waals surface area contributed by atoms with Crippen LogP contribution in [0, 0.1) is 0 Å². The maximum atomic E-state index is 12.1. The molecule has 0 saturated heterocycles. The Bertz CT molecular complexity index is 700. The largest absolute Gasteiger partial charge is 0.374 e. The first kappa shape index (κ1) is 18.8. The molecule has 1 aliphatic carbocycles. The summed E-state index contributed by atoms with van der Waals surface area (Å²) in [6.07, 6.45) is 7.28. The molecule has 138 valence electrons. The van der Waals surface area contributed by atoms with Gasteiger partial charge in [-0.1, -0.05) is 68.3 Å². The standard InChI is InChI=1S/C24H30O2/c1-3-4-5-6-18-7-9-19(10-8-18)20-11-13-21(14-12-20)22-15-16-24(26-2)23(25)17-22/h7-14,22,24H,3-6,15-17H2,1-2H3/t22-,24-/m1/s1. The van der Waals surface area contributed by atoms with E-state index in [4.69, 9.17) is 4.74 Å². The number of ketones is 1. The molecule has 1 fully saturated rings. The minimum atomic E-state index is -0.193. The second kappa shape index (κ2) is 9.14. The quantitative estimate of drug-likeness (QED) is 0.578. The lowest BCUT2D eigenvalue weighted by Crippen LogP contribution is -2.29. The number of carbonyl (C=O) groups is 1. The molecule has 2 heteroatoms. The summed E-state index contributed by atoms with van der Waals surface area (Å²) in [5.41, 5.74) is 5.20. The minimum Gasteiger partial charge on any atom is -0.374 e. The van der Waals surface area contributed by atoms with Crippen molar-refractivity contribution in [2.45, 2.75) is 63.9 Å². The maximum Gasteiger partial charge on any atom is 0.162 e. The molecule has 26 heavy (non-hydrogen) atoms. The molecule has 0 unspecified atom stereocenters. The average molecular weight is 351 g/mol. The number of hydrogen-bond donors (Lipinski definition) is 0. The summed E-state index contributed by atoms with van der Waals surface area (Å²) in [5.74, 6) is 0.579. The van der Waals surface area contributed by atoms with Crippen LogP contribution in [0.1, 0.15) is 62.5 Å². The smallest absolute Gasteiger partial charge is 0.162 e. The van der Waals surface area contributed by atoms with Crippen molar-refractivity contribution in [2.75, 3.05) is 7.11 Å². The molecule has 0 bridgehead atoms. The van der Waals surface area contributed by atoms with Gasteiger partial charge < -0.3 is 4.74 Å². The van der Waals surface area contributed by atoms with Crippen LogP contribution < -0.4 is 0 Å². The van der Waals surface area contributed by atoms with Gasteiger partial charge in [0.1, 0.15) is 6.10 Å². The average Bonchev–Trinajstić information content (AvgIpc) is 2.69. The molecule has 2 aromatic rings. The van der Waals surface area contributed by atoms with E-state index in [1.165, 1.54) is 47.9 Å². The van der Waals surface area contributed by atoms with Gasteiger partial charge in [-0.3, -0.25) is 4.79 Å². The van der Waals surface area contributed by atoms with E-state index < -0.39 is 0 Å². The second-order valence-electron chi connectivity index (χ2n) is 7.45. The van der Waals surface area contributed by atoms with Crippen molar-refractivity contribution >= 4 is 5.78 Å². The van der Waals surface area contributed by atoms with Crippen LogP contribution in [0.5, 0.6) is 0 Å². The van der Waals surface area contributed by atoms with Gasteiger partial charge in [-0.2, -0.15) is 0 Å². The SMILES string of the molecule is CCCCCc1ccc(-c2ccc([C@@H]3CC[C@@H](OC)C(=O)C3)cc2)cc1. The third-order valence-corrected chi connectivity index (χ3v) is 5.61. The molecule has 0 amide bonds. The van der Waals surface area contributed by atoms with Crippen LogP contribution in [0.2, 0.25) is 0 Å². The highest BCUT2D eigenvalue weighted by atomic mass is 16.5. The van der Waals surface area contributed by atoms with Gasteiger partial charge in [0.2, 0.25) is 0 Å². The zero-order valence-corrected chi connectivity index (χ0v) is 16.0. The number of rotatable bonds is 7. The Morgan fingerprint density at radius 1 is 0.923 bits per heavy atom. The molecule has 0 aliphatic heterocycles. The van der Waals surface area contributed by atoms with Crippen LogP contribution in [0.3, 0.4) is 0 Å². The van der Waals surface area contributed by atoms with Gasteiger partial charge in [0.05, 0.1) is 0 Å². The van der Waals surface area contributed by atoms with E-state index in [0.29, 0.717) is 12.3 Å². The number of hydrogen-bond acceptors (Lipinski definition) is 2. The van der Waals surface area contributed by atoms with Gasteiger partial charge in [0.25, 0.3) is 0 Å². The summed E-state index contributed by atoms with van der Waals surface area (Å²) >= 11 is 0. The zero-order chi connectivity index (χ0) is 18.4. The van der Waals surface area contributed by atoms with E-state index in [2.05, 4.69) is 55.5 Å². The van der Waals surface area contributed by atoms with E-state index in [1.54, 1.807) is 7.11 Å². The first-order chi connectivity index (χ1) is 12.7. The summed E-state index contributed by atoms with van der Waals surface area (Å²) in [4.78, 5) is 12.1. The van der Waals surface area contributed by atoms with Crippen molar-refractivity contribution in [1.82, 2.24) is 0 Å². The predicted octanol–water partition coefficient (Wildman–Crippen LogP) is 5.94. The fraction of sp³-hybridized carbons (Fsp3) is 0.458. The normalized spacial score (nSPS) is 20.3.